The molecule has 38 heavy (non-hydrogen) atoms. The molecule has 0 saturated carbocycles. The minimum Gasteiger partial charge on any atom is -0.497 e. The Labute approximate surface area is 226 Å². The van der Waals surface area contributed by atoms with Gasteiger partial charge in [-0.25, -0.2) is 0 Å². The second kappa shape index (κ2) is 10.1. The fourth-order valence-corrected chi connectivity index (χ4v) is 9.14. The van der Waals surface area contributed by atoms with Crippen molar-refractivity contribution in [1.29, 1.82) is 0 Å². The van der Waals surface area contributed by atoms with Gasteiger partial charge < -0.3 is 24.7 Å². The van der Waals surface area contributed by atoms with Crippen LogP contribution >= 0.6 is 11.8 Å². The van der Waals surface area contributed by atoms with E-state index in [-0.39, 0.29) is 29.5 Å². The number of thioether (sulfide) groups is 1. The van der Waals surface area contributed by atoms with Crippen molar-refractivity contribution in [1.82, 2.24) is 4.90 Å². The Hall–Kier alpha value is -3.30. The van der Waals surface area contributed by atoms with Crippen molar-refractivity contribution in [3.05, 3.63) is 72.8 Å². The molecule has 7 atom stereocenters. The van der Waals surface area contributed by atoms with Gasteiger partial charge >= 0.3 is 5.97 Å². The summed E-state index contributed by atoms with van der Waals surface area (Å²) in [6.45, 7) is 5.66. The van der Waals surface area contributed by atoms with Crippen LogP contribution < -0.4 is 9.64 Å². The number of anilines is 1. The van der Waals surface area contributed by atoms with Gasteiger partial charge in [-0.05, 0) is 42.2 Å². The molecule has 1 spiro atoms. The predicted octanol–water partition coefficient (Wildman–Crippen LogP) is 3.37. The van der Waals surface area contributed by atoms with E-state index < -0.39 is 41.2 Å². The molecular formula is C29H32N2O6S. The summed E-state index contributed by atoms with van der Waals surface area (Å²) in [4.78, 5) is 44.4. The number of aliphatic hydroxyl groups is 1. The number of aliphatic carboxylic acids is 1. The summed E-state index contributed by atoms with van der Waals surface area (Å²) >= 11 is 1.48. The number of nitrogens with zero attached hydrogens (tertiary/aromatic N) is 2. The number of likely N-dealkylation sites (tertiary alicyclic amines) is 1. The van der Waals surface area contributed by atoms with E-state index in [4.69, 9.17) is 4.74 Å². The van der Waals surface area contributed by atoms with Crippen LogP contribution in [0.3, 0.4) is 0 Å². The maximum Gasteiger partial charge on any atom is 0.308 e. The molecule has 2 aromatic carbocycles. The van der Waals surface area contributed by atoms with Crippen molar-refractivity contribution in [3.63, 3.8) is 0 Å². The van der Waals surface area contributed by atoms with Crippen LogP contribution in [0.5, 0.6) is 5.75 Å². The predicted molar refractivity (Wildman–Crippen MR) is 145 cm³/mol. The first-order chi connectivity index (χ1) is 18.3. The number of fused-ring (bicyclic) bond motifs is 1. The van der Waals surface area contributed by atoms with Crippen LogP contribution in [0.4, 0.5) is 5.69 Å². The van der Waals surface area contributed by atoms with E-state index >= 15 is 0 Å². The van der Waals surface area contributed by atoms with Crippen LogP contribution in [0.1, 0.15) is 24.9 Å². The Morgan fingerprint density at radius 1 is 1.24 bits per heavy atom. The van der Waals surface area contributed by atoms with Gasteiger partial charge in [0.05, 0.1) is 36.3 Å². The van der Waals surface area contributed by atoms with Crippen LogP contribution in [0.15, 0.2) is 67.3 Å². The lowest BCUT2D eigenvalue weighted by atomic mass is 9.66. The summed E-state index contributed by atoms with van der Waals surface area (Å²) in [6, 6.07) is 14.4. The molecule has 0 aliphatic carbocycles. The smallest absolute Gasteiger partial charge is 0.308 e. The van der Waals surface area contributed by atoms with Crippen molar-refractivity contribution in [2.75, 3.05) is 25.2 Å². The molecule has 2 amide bonds. The van der Waals surface area contributed by atoms with Crippen LogP contribution in [-0.2, 0) is 14.4 Å². The summed E-state index contributed by atoms with van der Waals surface area (Å²) in [5.41, 5.74) is 1.31. The second-order valence-electron chi connectivity index (χ2n) is 10.2. The molecule has 5 rings (SSSR count). The number of hydrogen-bond acceptors (Lipinski definition) is 6. The summed E-state index contributed by atoms with van der Waals surface area (Å²) in [7, 11) is 1.57. The highest BCUT2D eigenvalue weighted by molar-refractivity contribution is 8.02. The third-order valence-corrected chi connectivity index (χ3v) is 10.4. The molecular weight excluding hydrogens is 504 g/mol. The van der Waals surface area contributed by atoms with E-state index in [1.165, 1.54) is 16.7 Å². The molecule has 200 valence electrons. The minimum absolute atomic E-state index is 0.0717. The highest BCUT2D eigenvalue weighted by Crippen LogP contribution is 2.69. The number of hydrogen-bond donors (Lipinski definition) is 2. The van der Waals surface area contributed by atoms with Gasteiger partial charge in [0.1, 0.15) is 11.8 Å². The highest BCUT2D eigenvalue weighted by Gasteiger charge is 2.77. The highest BCUT2D eigenvalue weighted by atomic mass is 32.2. The van der Waals surface area contributed by atoms with Crippen molar-refractivity contribution < 1.29 is 29.3 Å². The molecule has 3 aliphatic heterocycles. The number of carbonyl (C=O) groups excluding carboxylic acids is 2. The van der Waals surface area contributed by atoms with Crippen LogP contribution in [-0.4, -0.2) is 69.2 Å². The summed E-state index contributed by atoms with van der Waals surface area (Å²) in [5, 5.41) is 20.5. The fourth-order valence-electron chi connectivity index (χ4n) is 6.75. The number of amides is 2. The molecule has 3 saturated heterocycles. The number of ether oxygens (including phenoxy) is 1. The first-order valence-corrected chi connectivity index (χ1v) is 13.6. The van der Waals surface area contributed by atoms with E-state index in [0.29, 0.717) is 23.4 Å². The molecule has 2 N–H and O–H groups in total. The minimum atomic E-state index is -1.01. The Morgan fingerprint density at radius 3 is 2.50 bits per heavy atom. The van der Waals surface area contributed by atoms with Gasteiger partial charge in [0, 0.05) is 17.5 Å². The van der Waals surface area contributed by atoms with Gasteiger partial charge in [-0.3, -0.25) is 14.4 Å². The Morgan fingerprint density at radius 2 is 1.92 bits per heavy atom. The zero-order valence-electron chi connectivity index (χ0n) is 21.4. The lowest BCUT2D eigenvalue weighted by Gasteiger charge is -2.42. The Kier molecular flexibility index (Phi) is 7.00. The maximum absolute atomic E-state index is 14.7. The molecule has 2 aromatic rings. The normalized spacial score (nSPS) is 30.1. The number of carbonyl (C=O) groups is 3. The monoisotopic (exact) mass is 536 g/mol. The van der Waals surface area contributed by atoms with Gasteiger partial charge in [-0.1, -0.05) is 43.3 Å². The second-order valence-corrected chi connectivity index (χ2v) is 11.7. The zero-order valence-corrected chi connectivity index (χ0v) is 22.2. The van der Waals surface area contributed by atoms with Crippen LogP contribution in [0.25, 0.3) is 0 Å². The first kappa shape index (κ1) is 26.3. The number of carboxylic acid groups (broad SMARTS) is 1. The molecule has 0 aromatic heterocycles. The number of carboxylic acids is 1. The summed E-state index contributed by atoms with van der Waals surface area (Å²) < 4.78 is 4.36. The Balaban J connectivity index is 1.67. The maximum atomic E-state index is 14.7. The van der Waals surface area contributed by atoms with Crippen molar-refractivity contribution in [3.8, 4) is 5.75 Å². The zero-order chi connectivity index (χ0) is 27.2. The molecule has 3 heterocycles. The quantitative estimate of drug-likeness (QED) is 0.473. The third kappa shape index (κ3) is 3.82. The molecule has 3 aliphatic rings. The summed E-state index contributed by atoms with van der Waals surface area (Å²) in [5.74, 6) is -2.87. The van der Waals surface area contributed by atoms with Crippen LogP contribution in [0.2, 0.25) is 0 Å². The number of benzene rings is 2. The van der Waals surface area contributed by atoms with Gasteiger partial charge in [0.2, 0.25) is 5.91 Å². The molecule has 2 bridgehead atoms. The van der Waals surface area contributed by atoms with E-state index in [1.54, 1.807) is 42.4 Å². The number of rotatable bonds is 9. The average molecular weight is 537 g/mol. The van der Waals surface area contributed by atoms with E-state index in [2.05, 4.69) is 6.58 Å². The SMILES string of the molecule is C=CCN(C(=O)C1N([C@H](CO)c2ccccc2)C(=O)[C@@H]2[C@H](C(=O)O)[C@@H]3CC(C)C12S3)c1ccc(OC)cc1. The van der Waals surface area contributed by atoms with Gasteiger partial charge in [0.15, 0.2) is 0 Å². The van der Waals surface area contributed by atoms with Gasteiger partial charge in [-0.15, -0.1) is 18.3 Å². The molecule has 9 heteroatoms. The lowest BCUT2D eigenvalue weighted by Crippen LogP contribution is -2.58. The molecule has 3 unspecified atom stereocenters. The topological polar surface area (TPSA) is 107 Å². The van der Waals surface area contributed by atoms with Crippen LogP contribution in [0, 0.1) is 17.8 Å². The first-order valence-electron chi connectivity index (χ1n) is 12.7. The summed E-state index contributed by atoms with van der Waals surface area (Å²) in [6.07, 6.45) is 2.24. The average Bonchev–Trinajstić information content (AvgIpc) is 3.52. The molecule has 0 radical (unpaired) electrons. The molecule has 3 fully saturated rings. The van der Waals surface area contributed by atoms with E-state index in [0.717, 1.165) is 0 Å². The Bertz CT molecular complexity index is 1240. The third-order valence-electron chi connectivity index (χ3n) is 8.36. The standard InChI is InChI=1S/C29H32N2O6S/c1-4-14-30(19-10-12-20(37-3)13-11-19)27(34)25-29-17(2)15-22(38-29)23(28(35)36)24(29)26(33)31(25)21(16-32)18-8-6-5-7-9-18/h4-13,17,21-25,32H,1,14-16H2,2-3H3,(H,35,36)/t17?,21-,22+,23-,24+,25?,29?/m1/s1. The van der Waals surface area contributed by atoms with Gasteiger partial charge in [0.25, 0.3) is 5.91 Å². The molecule has 8 nitrogen and oxygen atoms in total. The van der Waals surface area contributed by atoms with E-state index in [9.17, 15) is 24.6 Å². The van der Waals surface area contributed by atoms with Crippen molar-refractivity contribution in [2.45, 2.75) is 35.4 Å². The fraction of sp³-hybridized carbons (Fsp3) is 0.414. The van der Waals surface area contributed by atoms with E-state index in [1.807, 2.05) is 37.3 Å². The van der Waals surface area contributed by atoms with Crippen molar-refractivity contribution in [2.24, 2.45) is 17.8 Å². The lowest BCUT2D eigenvalue weighted by molar-refractivity contribution is -0.149. The van der Waals surface area contributed by atoms with Gasteiger partial charge in [-0.2, -0.15) is 0 Å². The number of methoxy groups -OCH3 is 1. The number of aliphatic hydroxyl groups excluding tert-OH is 1. The van der Waals surface area contributed by atoms with Crippen molar-refractivity contribution >= 4 is 35.2 Å². The largest absolute Gasteiger partial charge is 0.497 e.